The van der Waals surface area contributed by atoms with Crippen LogP contribution in [0.5, 0.6) is 0 Å². The van der Waals surface area contributed by atoms with Gasteiger partial charge in [-0.2, -0.15) is 0 Å². The SMILES string of the molecule is OCC(NC1CCCCCC1)c1cncc2ccccc12. The molecule has 0 aliphatic heterocycles. The van der Waals surface area contributed by atoms with Gasteiger partial charge in [-0.1, -0.05) is 49.9 Å². The van der Waals surface area contributed by atoms with E-state index >= 15 is 0 Å². The molecule has 1 heterocycles. The maximum Gasteiger partial charge on any atom is 0.0627 e. The Morgan fingerprint density at radius 1 is 1.10 bits per heavy atom. The van der Waals surface area contributed by atoms with Crippen LogP contribution in [0.4, 0.5) is 0 Å². The summed E-state index contributed by atoms with van der Waals surface area (Å²) < 4.78 is 0. The van der Waals surface area contributed by atoms with Gasteiger partial charge in [0.1, 0.15) is 0 Å². The van der Waals surface area contributed by atoms with Crippen molar-refractivity contribution in [3.8, 4) is 0 Å². The largest absolute Gasteiger partial charge is 0.394 e. The Morgan fingerprint density at radius 2 is 1.86 bits per heavy atom. The van der Waals surface area contributed by atoms with E-state index in [9.17, 15) is 5.11 Å². The summed E-state index contributed by atoms with van der Waals surface area (Å²) in [6.07, 6.45) is 11.5. The predicted octanol–water partition coefficient (Wildman–Crippen LogP) is 3.58. The van der Waals surface area contributed by atoms with Crippen LogP contribution in [0.25, 0.3) is 10.8 Å². The minimum atomic E-state index is -0.0216. The van der Waals surface area contributed by atoms with Crippen molar-refractivity contribution in [2.75, 3.05) is 6.61 Å². The number of aromatic nitrogens is 1. The van der Waals surface area contributed by atoms with Crippen molar-refractivity contribution in [1.29, 1.82) is 0 Å². The summed E-state index contributed by atoms with van der Waals surface area (Å²) in [4.78, 5) is 4.34. The molecule has 3 rings (SSSR count). The maximum atomic E-state index is 9.85. The molecule has 1 atom stereocenters. The van der Waals surface area contributed by atoms with Gasteiger partial charge in [0.25, 0.3) is 0 Å². The molecular formula is C18H24N2O. The first-order valence-corrected chi connectivity index (χ1v) is 8.08. The lowest BCUT2D eigenvalue weighted by atomic mass is 10.00. The molecule has 21 heavy (non-hydrogen) atoms. The van der Waals surface area contributed by atoms with E-state index < -0.39 is 0 Å². The molecule has 3 nitrogen and oxygen atoms in total. The van der Waals surface area contributed by atoms with E-state index in [0.29, 0.717) is 6.04 Å². The molecule has 0 radical (unpaired) electrons. The van der Waals surface area contributed by atoms with Gasteiger partial charge in [0.05, 0.1) is 12.6 Å². The zero-order valence-electron chi connectivity index (χ0n) is 12.5. The van der Waals surface area contributed by atoms with Crippen LogP contribution < -0.4 is 5.32 Å². The van der Waals surface area contributed by atoms with Crippen molar-refractivity contribution in [3.63, 3.8) is 0 Å². The Morgan fingerprint density at radius 3 is 2.62 bits per heavy atom. The van der Waals surface area contributed by atoms with Crippen LogP contribution in [-0.2, 0) is 0 Å². The Labute approximate surface area is 126 Å². The minimum absolute atomic E-state index is 0.0216. The average Bonchev–Trinajstić information content (AvgIpc) is 2.81. The van der Waals surface area contributed by atoms with Crippen molar-refractivity contribution in [1.82, 2.24) is 10.3 Å². The number of nitrogens with zero attached hydrogens (tertiary/aromatic N) is 1. The van der Waals surface area contributed by atoms with Gasteiger partial charge in [-0.05, 0) is 23.8 Å². The van der Waals surface area contributed by atoms with E-state index in [1.54, 1.807) is 0 Å². The predicted molar refractivity (Wildman–Crippen MR) is 86.2 cm³/mol. The van der Waals surface area contributed by atoms with Gasteiger partial charge in [-0.3, -0.25) is 4.98 Å². The third-order valence-electron chi connectivity index (χ3n) is 4.55. The van der Waals surface area contributed by atoms with Crippen LogP contribution >= 0.6 is 0 Å². The Kier molecular flexibility index (Phi) is 4.84. The second-order valence-electron chi connectivity index (χ2n) is 6.04. The molecule has 0 amide bonds. The van der Waals surface area contributed by atoms with Crippen molar-refractivity contribution >= 4 is 10.8 Å². The summed E-state index contributed by atoms with van der Waals surface area (Å²) in [6.45, 7) is 0.117. The summed E-state index contributed by atoms with van der Waals surface area (Å²) in [5.41, 5.74) is 1.11. The zero-order chi connectivity index (χ0) is 14.5. The number of hydrogen-bond acceptors (Lipinski definition) is 3. The van der Waals surface area contributed by atoms with E-state index in [1.165, 1.54) is 43.9 Å². The van der Waals surface area contributed by atoms with Crippen LogP contribution in [0.15, 0.2) is 36.7 Å². The third-order valence-corrected chi connectivity index (χ3v) is 4.55. The Hall–Kier alpha value is -1.45. The number of rotatable bonds is 4. The molecule has 2 N–H and O–H groups in total. The van der Waals surface area contributed by atoms with E-state index in [1.807, 2.05) is 24.5 Å². The molecule has 112 valence electrons. The maximum absolute atomic E-state index is 9.85. The lowest BCUT2D eigenvalue weighted by Crippen LogP contribution is -2.34. The zero-order valence-corrected chi connectivity index (χ0v) is 12.5. The fraction of sp³-hybridized carbons (Fsp3) is 0.500. The highest BCUT2D eigenvalue weighted by molar-refractivity contribution is 5.85. The molecule has 1 saturated carbocycles. The van der Waals surface area contributed by atoms with Crippen LogP contribution in [0, 0.1) is 0 Å². The second-order valence-corrected chi connectivity index (χ2v) is 6.04. The molecule has 2 aromatic rings. The summed E-state index contributed by atoms with van der Waals surface area (Å²) >= 11 is 0. The molecule has 1 fully saturated rings. The first-order chi connectivity index (χ1) is 10.4. The normalized spacial score (nSPS) is 18.5. The fourth-order valence-electron chi connectivity index (χ4n) is 3.39. The molecule has 0 saturated heterocycles. The number of benzene rings is 1. The number of pyridine rings is 1. The van der Waals surface area contributed by atoms with E-state index in [-0.39, 0.29) is 12.6 Å². The third kappa shape index (κ3) is 3.42. The van der Waals surface area contributed by atoms with Gasteiger partial charge in [0, 0.05) is 23.8 Å². The number of aliphatic hydroxyl groups excluding tert-OH is 1. The topological polar surface area (TPSA) is 45.1 Å². The average molecular weight is 284 g/mol. The summed E-state index contributed by atoms with van der Waals surface area (Å²) in [6, 6.07) is 8.76. The first kappa shape index (κ1) is 14.5. The van der Waals surface area contributed by atoms with Crippen molar-refractivity contribution < 1.29 is 5.11 Å². The van der Waals surface area contributed by atoms with Crippen LogP contribution in [0.2, 0.25) is 0 Å². The minimum Gasteiger partial charge on any atom is -0.394 e. The first-order valence-electron chi connectivity index (χ1n) is 8.08. The van der Waals surface area contributed by atoms with Crippen LogP contribution in [0.3, 0.4) is 0 Å². The van der Waals surface area contributed by atoms with E-state index in [4.69, 9.17) is 0 Å². The number of fused-ring (bicyclic) bond motifs is 1. The monoisotopic (exact) mass is 284 g/mol. The standard InChI is InChI=1S/C18H24N2O/c21-13-18(20-15-8-3-1-2-4-9-15)17-12-19-11-14-7-5-6-10-16(14)17/h5-7,10-12,15,18,20-21H,1-4,8-9,13H2. The number of aliphatic hydroxyl groups is 1. The molecule has 0 spiro atoms. The smallest absolute Gasteiger partial charge is 0.0627 e. The number of nitrogens with one attached hydrogen (secondary N) is 1. The molecule has 3 heteroatoms. The Bertz CT molecular complexity index is 571. The van der Waals surface area contributed by atoms with Crippen molar-refractivity contribution in [3.05, 3.63) is 42.2 Å². The lowest BCUT2D eigenvalue weighted by Gasteiger charge is -2.24. The van der Waals surface area contributed by atoms with Gasteiger partial charge < -0.3 is 10.4 Å². The lowest BCUT2D eigenvalue weighted by molar-refractivity contribution is 0.229. The highest BCUT2D eigenvalue weighted by Crippen LogP contribution is 2.25. The number of hydrogen-bond donors (Lipinski definition) is 2. The van der Waals surface area contributed by atoms with Gasteiger partial charge in [-0.15, -0.1) is 0 Å². The quantitative estimate of drug-likeness (QED) is 0.844. The van der Waals surface area contributed by atoms with Gasteiger partial charge in [0.2, 0.25) is 0 Å². The summed E-state index contributed by atoms with van der Waals surface area (Å²) in [5.74, 6) is 0. The van der Waals surface area contributed by atoms with Crippen LogP contribution in [-0.4, -0.2) is 22.7 Å². The van der Waals surface area contributed by atoms with E-state index in [0.717, 1.165) is 10.9 Å². The van der Waals surface area contributed by atoms with E-state index in [2.05, 4.69) is 22.4 Å². The van der Waals surface area contributed by atoms with Crippen LogP contribution in [0.1, 0.15) is 50.1 Å². The van der Waals surface area contributed by atoms with Gasteiger partial charge in [0.15, 0.2) is 0 Å². The molecule has 1 aromatic carbocycles. The van der Waals surface area contributed by atoms with Gasteiger partial charge >= 0.3 is 0 Å². The fourth-order valence-corrected chi connectivity index (χ4v) is 3.39. The molecule has 0 bridgehead atoms. The summed E-state index contributed by atoms with van der Waals surface area (Å²) in [7, 11) is 0. The molecule has 1 unspecified atom stereocenters. The Balaban J connectivity index is 1.84. The van der Waals surface area contributed by atoms with Crippen molar-refractivity contribution in [2.24, 2.45) is 0 Å². The molecule has 1 aliphatic rings. The molecule has 1 aromatic heterocycles. The highest BCUT2D eigenvalue weighted by atomic mass is 16.3. The summed E-state index contributed by atoms with van der Waals surface area (Å²) in [5, 5.41) is 15.8. The highest BCUT2D eigenvalue weighted by Gasteiger charge is 2.19. The van der Waals surface area contributed by atoms with Gasteiger partial charge in [-0.25, -0.2) is 0 Å². The second kappa shape index (κ2) is 7.01. The molecular weight excluding hydrogens is 260 g/mol. The van der Waals surface area contributed by atoms with Crippen molar-refractivity contribution in [2.45, 2.75) is 50.6 Å². The molecule has 1 aliphatic carbocycles.